The number of hydrogen-bond donors (Lipinski definition) is 3. The molecule has 0 saturated carbocycles. The lowest BCUT2D eigenvalue weighted by Crippen LogP contribution is -2.66. The lowest BCUT2D eigenvalue weighted by atomic mass is 9.96. The Labute approximate surface area is 420 Å². The first-order valence-corrected chi connectivity index (χ1v) is 28.3. The summed E-state index contributed by atoms with van der Waals surface area (Å²) >= 11 is 0. The Kier molecular flexibility index (Phi) is 38.6. The summed E-state index contributed by atoms with van der Waals surface area (Å²) in [5.41, 5.74) is 1.01. The highest BCUT2D eigenvalue weighted by Crippen LogP contribution is 2.27. The van der Waals surface area contributed by atoms with E-state index < -0.39 is 49.3 Å². The Morgan fingerprint density at radius 1 is 0.652 bits per heavy atom. The van der Waals surface area contributed by atoms with Gasteiger partial charge in [0, 0.05) is 6.42 Å². The van der Waals surface area contributed by atoms with Crippen molar-refractivity contribution in [2.24, 2.45) is 0 Å². The molecule has 11 heteroatoms. The standard InChI is InChI=1S/C58H101NO10/c1-5-9-12-15-18-21-22-25-28-31-37-42-53(62)67-50(41-36-30-27-24-20-17-14-11-7-3)45-54(63)69-57-55(58(65-43-8-4)68-51(46-60)56(57)64)59-52(61)44-49(66-47-48-38-33-32-34-39-48)40-35-29-26-23-19-16-13-10-6-2/h8,32-34,38-39,49-51,55-58,60,64H,4-7,9-31,35-37,40-47H2,1-3H3,(H,59,61)/t49-,50+,51+,55+,56+,57+,58-/m0/s1. The van der Waals surface area contributed by atoms with Crippen LogP contribution < -0.4 is 5.32 Å². The minimum atomic E-state index is -1.49. The van der Waals surface area contributed by atoms with Crippen LogP contribution in [0.4, 0.5) is 0 Å². The van der Waals surface area contributed by atoms with E-state index >= 15 is 0 Å². The Bertz CT molecular complexity index is 1400. The Morgan fingerprint density at radius 3 is 1.62 bits per heavy atom. The Balaban J connectivity index is 2.13. The van der Waals surface area contributed by atoms with Gasteiger partial charge in [-0.2, -0.15) is 0 Å². The average Bonchev–Trinajstić information content (AvgIpc) is 3.34. The summed E-state index contributed by atoms with van der Waals surface area (Å²) in [6, 6.07) is 8.75. The fourth-order valence-electron chi connectivity index (χ4n) is 9.28. The van der Waals surface area contributed by atoms with E-state index in [-0.39, 0.29) is 37.4 Å². The Morgan fingerprint density at radius 2 is 1.13 bits per heavy atom. The molecular formula is C58H101NO10. The summed E-state index contributed by atoms with van der Waals surface area (Å²) in [5.74, 6) is -1.38. The van der Waals surface area contributed by atoms with E-state index in [9.17, 15) is 24.6 Å². The maximum atomic E-state index is 14.0. The fraction of sp³-hybridized carbons (Fsp3) is 0.810. The van der Waals surface area contributed by atoms with Gasteiger partial charge < -0.3 is 39.2 Å². The number of rotatable bonds is 46. The van der Waals surface area contributed by atoms with Gasteiger partial charge in [-0.3, -0.25) is 14.4 Å². The highest BCUT2D eigenvalue weighted by atomic mass is 16.7. The van der Waals surface area contributed by atoms with Gasteiger partial charge in [-0.1, -0.05) is 231 Å². The highest BCUT2D eigenvalue weighted by molar-refractivity contribution is 5.77. The van der Waals surface area contributed by atoms with Gasteiger partial charge in [0.05, 0.1) is 38.8 Å². The second-order valence-corrected chi connectivity index (χ2v) is 19.8. The zero-order valence-corrected chi connectivity index (χ0v) is 44.0. The molecule has 3 N–H and O–H groups in total. The third-order valence-electron chi connectivity index (χ3n) is 13.5. The van der Waals surface area contributed by atoms with Crippen LogP contribution in [0, 0.1) is 0 Å². The molecule has 69 heavy (non-hydrogen) atoms. The fourth-order valence-corrected chi connectivity index (χ4v) is 9.28. The second kappa shape index (κ2) is 42.8. The molecule has 1 fully saturated rings. The van der Waals surface area contributed by atoms with Crippen molar-refractivity contribution in [2.45, 2.75) is 289 Å². The summed E-state index contributed by atoms with van der Waals surface area (Å²) in [5, 5.41) is 24.8. The summed E-state index contributed by atoms with van der Waals surface area (Å²) < 4.78 is 30.3. The van der Waals surface area contributed by atoms with Gasteiger partial charge in [0.1, 0.15) is 24.4 Å². The van der Waals surface area contributed by atoms with Crippen molar-refractivity contribution in [1.29, 1.82) is 0 Å². The van der Waals surface area contributed by atoms with Gasteiger partial charge in [0.2, 0.25) is 5.91 Å². The monoisotopic (exact) mass is 972 g/mol. The summed E-state index contributed by atoms with van der Waals surface area (Å²) in [6.45, 7) is 10.3. The van der Waals surface area contributed by atoms with Crippen LogP contribution in [-0.4, -0.2) is 84.1 Å². The summed E-state index contributed by atoms with van der Waals surface area (Å²) in [4.78, 5) is 41.2. The molecule has 1 aromatic carbocycles. The lowest BCUT2D eigenvalue weighted by molar-refractivity contribution is -0.271. The molecule has 1 saturated heterocycles. The lowest BCUT2D eigenvalue weighted by Gasteiger charge is -2.43. The van der Waals surface area contributed by atoms with Gasteiger partial charge in [-0.15, -0.1) is 6.58 Å². The molecule has 0 aromatic heterocycles. The van der Waals surface area contributed by atoms with E-state index in [1.165, 1.54) is 128 Å². The molecule has 0 radical (unpaired) electrons. The number of aliphatic hydroxyl groups is 2. The van der Waals surface area contributed by atoms with E-state index in [1.807, 2.05) is 30.3 Å². The van der Waals surface area contributed by atoms with Gasteiger partial charge in [-0.05, 0) is 31.2 Å². The molecule has 11 nitrogen and oxygen atoms in total. The molecule has 398 valence electrons. The quantitative estimate of drug-likeness (QED) is 0.0327. The number of carbonyl (C=O) groups excluding carboxylic acids is 3. The van der Waals surface area contributed by atoms with Crippen LogP contribution in [0.2, 0.25) is 0 Å². The molecule has 1 heterocycles. The predicted molar refractivity (Wildman–Crippen MR) is 279 cm³/mol. The third-order valence-corrected chi connectivity index (χ3v) is 13.5. The topological polar surface area (TPSA) is 150 Å². The number of amides is 1. The minimum absolute atomic E-state index is 0.0324. The second-order valence-electron chi connectivity index (χ2n) is 19.8. The van der Waals surface area contributed by atoms with Gasteiger partial charge >= 0.3 is 11.9 Å². The van der Waals surface area contributed by atoms with Crippen LogP contribution in [0.25, 0.3) is 0 Å². The van der Waals surface area contributed by atoms with Crippen LogP contribution in [-0.2, 0) is 44.7 Å². The van der Waals surface area contributed by atoms with E-state index in [4.69, 9.17) is 23.7 Å². The van der Waals surface area contributed by atoms with Crippen LogP contribution in [0.15, 0.2) is 43.0 Å². The number of hydrogen-bond acceptors (Lipinski definition) is 10. The van der Waals surface area contributed by atoms with Crippen LogP contribution in [0.5, 0.6) is 0 Å². The van der Waals surface area contributed by atoms with Crippen molar-refractivity contribution in [2.75, 3.05) is 13.2 Å². The molecule has 1 aromatic rings. The maximum absolute atomic E-state index is 14.0. The number of nitrogens with one attached hydrogen (secondary N) is 1. The first kappa shape index (κ1) is 62.3. The third kappa shape index (κ3) is 31.3. The van der Waals surface area contributed by atoms with Gasteiger partial charge in [0.25, 0.3) is 0 Å². The van der Waals surface area contributed by atoms with Crippen molar-refractivity contribution in [1.82, 2.24) is 5.32 Å². The molecule has 0 spiro atoms. The SMILES string of the molecule is C=CCO[C@H]1O[C@H](CO)[C@@H](O)[C@H](OC(=O)C[C@@H](CCCCCCCCCCC)OC(=O)CCCCCCCCCCCCC)[C@H]1NC(=O)C[C@H](CCCCCCCCCCC)OCc1ccccc1. The van der Waals surface area contributed by atoms with Crippen molar-refractivity contribution < 1.29 is 48.3 Å². The number of esters is 2. The zero-order chi connectivity index (χ0) is 50.0. The maximum Gasteiger partial charge on any atom is 0.310 e. The van der Waals surface area contributed by atoms with E-state index in [0.29, 0.717) is 25.9 Å². The molecule has 7 atom stereocenters. The van der Waals surface area contributed by atoms with Crippen LogP contribution in [0.1, 0.15) is 245 Å². The Hall–Kier alpha value is -2.83. The number of ether oxygens (including phenoxy) is 5. The predicted octanol–water partition coefficient (Wildman–Crippen LogP) is 13.5. The molecule has 1 aliphatic rings. The summed E-state index contributed by atoms with van der Waals surface area (Å²) in [6.07, 6.45) is 30.5. The van der Waals surface area contributed by atoms with Gasteiger partial charge in [0.15, 0.2) is 12.4 Å². The van der Waals surface area contributed by atoms with Crippen molar-refractivity contribution in [3.63, 3.8) is 0 Å². The van der Waals surface area contributed by atoms with Gasteiger partial charge in [-0.25, -0.2) is 0 Å². The van der Waals surface area contributed by atoms with Crippen LogP contribution in [0.3, 0.4) is 0 Å². The first-order chi connectivity index (χ1) is 33.8. The van der Waals surface area contributed by atoms with Crippen molar-refractivity contribution in [3.05, 3.63) is 48.6 Å². The largest absolute Gasteiger partial charge is 0.462 e. The van der Waals surface area contributed by atoms with Crippen molar-refractivity contribution >= 4 is 17.8 Å². The number of carbonyl (C=O) groups is 3. The van der Waals surface area contributed by atoms with E-state index in [1.54, 1.807) is 0 Å². The number of aliphatic hydroxyl groups excluding tert-OH is 2. The molecule has 1 aliphatic heterocycles. The molecule has 2 rings (SSSR count). The summed E-state index contributed by atoms with van der Waals surface area (Å²) in [7, 11) is 0. The minimum Gasteiger partial charge on any atom is -0.462 e. The number of unbranched alkanes of at least 4 members (excludes halogenated alkanes) is 26. The average molecular weight is 972 g/mol. The number of benzene rings is 1. The molecular weight excluding hydrogens is 871 g/mol. The smallest absolute Gasteiger partial charge is 0.310 e. The zero-order valence-electron chi connectivity index (χ0n) is 44.0. The molecule has 0 unspecified atom stereocenters. The first-order valence-electron chi connectivity index (χ1n) is 28.3. The molecule has 0 aliphatic carbocycles. The van der Waals surface area contributed by atoms with Crippen LogP contribution >= 0.6 is 0 Å². The highest BCUT2D eigenvalue weighted by Gasteiger charge is 2.49. The molecule has 0 bridgehead atoms. The molecule has 1 amide bonds. The normalized spacial score (nSPS) is 18.9. The van der Waals surface area contributed by atoms with E-state index in [0.717, 1.165) is 69.8 Å². The van der Waals surface area contributed by atoms with E-state index in [2.05, 4.69) is 32.7 Å². The van der Waals surface area contributed by atoms with Crippen molar-refractivity contribution in [3.8, 4) is 0 Å².